The van der Waals surface area contributed by atoms with Crippen molar-refractivity contribution in [2.45, 2.75) is 71.5 Å². The van der Waals surface area contributed by atoms with Gasteiger partial charge in [-0.15, -0.1) is 0 Å². The maximum absolute atomic E-state index is 6.23. The highest BCUT2D eigenvalue weighted by atomic mass is 16.5. The SMILES string of the molecule is CC1C[C@@H]2C3=CCCC(C)(C)[C@@H]3CC[C@@]2(C)O1. The van der Waals surface area contributed by atoms with Gasteiger partial charge < -0.3 is 4.74 Å². The molecule has 0 aromatic carbocycles. The summed E-state index contributed by atoms with van der Waals surface area (Å²) in [4.78, 5) is 0. The van der Waals surface area contributed by atoms with Crippen LogP contribution in [0.1, 0.15) is 59.8 Å². The molecule has 3 rings (SSSR count). The number of allylic oxidation sites excluding steroid dienone is 1. The summed E-state index contributed by atoms with van der Waals surface area (Å²) >= 11 is 0. The Labute approximate surface area is 106 Å². The third kappa shape index (κ3) is 1.69. The molecule has 1 aliphatic heterocycles. The second-order valence-corrected chi connectivity index (χ2v) is 7.35. The molecule has 1 heteroatoms. The molecule has 1 saturated heterocycles. The lowest BCUT2D eigenvalue weighted by atomic mass is 9.57. The molecule has 1 unspecified atom stereocenters. The van der Waals surface area contributed by atoms with Gasteiger partial charge in [0.2, 0.25) is 0 Å². The zero-order valence-electron chi connectivity index (χ0n) is 11.8. The molecular formula is C16H26O. The Morgan fingerprint density at radius 3 is 2.71 bits per heavy atom. The van der Waals surface area contributed by atoms with Crippen LogP contribution < -0.4 is 0 Å². The van der Waals surface area contributed by atoms with Gasteiger partial charge in [-0.2, -0.15) is 0 Å². The second kappa shape index (κ2) is 3.60. The first-order valence-electron chi connectivity index (χ1n) is 7.30. The van der Waals surface area contributed by atoms with E-state index in [0.29, 0.717) is 17.4 Å². The van der Waals surface area contributed by atoms with Gasteiger partial charge in [0.25, 0.3) is 0 Å². The van der Waals surface area contributed by atoms with E-state index >= 15 is 0 Å². The lowest BCUT2D eigenvalue weighted by Crippen LogP contribution is -2.44. The summed E-state index contributed by atoms with van der Waals surface area (Å²) in [5.41, 5.74) is 2.41. The minimum Gasteiger partial charge on any atom is -0.372 e. The Kier molecular flexibility index (Phi) is 2.49. The molecule has 1 heterocycles. The Morgan fingerprint density at radius 2 is 1.94 bits per heavy atom. The smallest absolute Gasteiger partial charge is 0.0724 e. The monoisotopic (exact) mass is 234 g/mol. The molecule has 0 aromatic rings. The van der Waals surface area contributed by atoms with Crippen LogP contribution in [-0.4, -0.2) is 11.7 Å². The van der Waals surface area contributed by atoms with E-state index in [1.165, 1.54) is 32.1 Å². The lowest BCUT2D eigenvalue weighted by Gasteiger charge is -2.49. The summed E-state index contributed by atoms with van der Waals surface area (Å²) in [6.07, 6.45) is 9.48. The highest BCUT2D eigenvalue weighted by Gasteiger charge is 2.52. The molecule has 0 radical (unpaired) electrons. The third-order valence-corrected chi connectivity index (χ3v) is 5.62. The molecule has 0 bridgehead atoms. The molecular weight excluding hydrogens is 208 g/mol. The van der Waals surface area contributed by atoms with Crippen LogP contribution in [0.5, 0.6) is 0 Å². The quantitative estimate of drug-likeness (QED) is 0.567. The third-order valence-electron chi connectivity index (χ3n) is 5.62. The maximum Gasteiger partial charge on any atom is 0.0724 e. The fraction of sp³-hybridized carbons (Fsp3) is 0.875. The van der Waals surface area contributed by atoms with Gasteiger partial charge in [0.1, 0.15) is 0 Å². The van der Waals surface area contributed by atoms with E-state index in [2.05, 4.69) is 33.8 Å². The topological polar surface area (TPSA) is 9.23 Å². The Morgan fingerprint density at radius 1 is 1.18 bits per heavy atom. The van der Waals surface area contributed by atoms with Crippen molar-refractivity contribution in [2.75, 3.05) is 0 Å². The largest absolute Gasteiger partial charge is 0.372 e. The van der Waals surface area contributed by atoms with E-state index in [0.717, 1.165) is 5.92 Å². The van der Waals surface area contributed by atoms with Crippen LogP contribution in [0.15, 0.2) is 11.6 Å². The number of rotatable bonds is 0. The van der Waals surface area contributed by atoms with Crippen LogP contribution in [-0.2, 0) is 4.74 Å². The Hall–Kier alpha value is -0.300. The average molecular weight is 234 g/mol. The van der Waals surface area contributed by atoms with E-state index in [9.17, 15) is 0 Å². The standard InChI is InChI=1S/C16H26O/c1-11-10-14-12-6-5-8-15(2,3)13(12)7-9-16(14,4)17-11/h6,11,13-14H,5,7-10H2,1-4H3/t11?,13-,14-,16-/m1/s1. The fourth-order valence-corrected chi connectivity index (χ4v) is 4.64. The molecule has 0 spiro atoms. The molecule has 2 fully saturated rings. The van der Waals surface area contributed by atoms with E-state index in [1.807, 2.05) is 0 Å². The number of hydrogen-bond acceptors (Lipinski definition) is 1. The molecule has 1 nitrogen and oxygen atoms in total. The minimum absolute atomic E-state index is 0.148. The number of hydrogen-bond donors (Lipinski definition) is 0. The van der Waals surface area contributed by atoms with E-state index in [4.69, 9.17) is 4.74 Å². The van der Waals surface area contributed by atoms with Crippen LogP contribution in [0.2, 0.25) is 0 Å². The summed E-state index contributed by atoms with van der Waals surface area (Å²) in [6, 6.07) is 0. The van der Waals surface area contributed by atoms with Crippen molar-refractivity contribution in [3.8, 4) is 0 Å². The van der Waals surface area contributed by atoms with Crippen molar-refractivity contribution in [3.05, 3.63) is 11.6 Å². The summed E-state index contributed by atoms with van der Waals surface area (Å²) in [6.45, 7) is 9.52. The van der Waals surface area contributed by atoms with Gasteiger partial charge in [-0.3, -0.25) is 0 Å². The summed E-state index contributed by atoms with van der Waals surface area (Å²) in [5.74, 6) is 1.53. The predicted molar refractivity (Wildman–Crippen MR) is 70.9 cm³/mol. The van der Waals surface area contributed by atoms with Gasteiger partial charge in [0, 0.05) is 5.92 Å². The molecule has 96 valence electrons. The molecule has 2 aliphatic carbocycles. The van der Waals surface area contributed by atoms with Crippen molar-refractivity contribution in [3.63, 3.8) is 0 Å². The average Bonchev–Trinajstić information content (AvgIpc) is 2.52. The number of ether oxygens (including phenoxy) is 1. The first-order chi connectivity index (χ1) is 7.92. The van der Waals surface area contributed by atoms with E-state index in [-0.39, 0.29) is 5.60 Å². The summed E-state index contributed by atoms with van der Waals surface area (Å²) < 4.78 is 6.23. The molecule has 1 saturated carbocycles. The first-order valence-corrected chi connectivity index (χ1v) is 7.30. The van der Waals surface area contributed by atoms with Crippen LogP contribution in [0.4, 0.5) is 0 Å². The van der Waals surface area contributed by atoms with Crippen molar-refractivity contribution < 1.29 is 4.74 Å². The van der Waals surface area contributed by atoms with Crippen molar-refractivity contribution in [1.29, 1.82) is 0 Å². The van der Waals surface area contributed by atoms with Crippen LogP contribution in [0.25, 0.3) is 0 Å². The molecule has 17 heavy (non-hydrogen) atoms. The summed E-state index contributed by atoms with van der Waals surface area (Å²) in [5, 5.41) is 0. The number of fused-ring (bicyclic) bond motifs is 3. The minimum atomic E-state index is 0.148. The predicted octanol–water partition coefficient (Wildman–Crippen LogP) is 4.33. The Bertz CT molecular complexity index is 355. The van der Waals surface area contributed by atoms with Gasteiger partial charge >= 0.3 is 0 Å². The highest BCUT2D eigenvalue weighted by molar-refractivity contribution is 5.25. The molecule has 0 aromatic heterocycles. The van der Waals surface area contributed by atoms with Gasteiger partial charge in [-0.05, 0) is 57.3 Å². The first kappa shape index (κ1) is 11.8. The lowest BCUT2D eigenvalue weighted by molar-refractivity contribution is -0.0597. The van der Waals surface area contributed by atoms with Gasteiger partial charge in [0.15, 0.2) is 0 Å². The molecule has 0 amide bonds. The van der Waals surface area contributed by atoms with Crippen molar-refractivity contribution in [2.24, 2.45) is 17.3 Å². The molecule has 3 aliphatic rings. The van der Waals surface area contributed by atoms with Crippen LogP contribution >= 0.6 is 0 Å². The highest BCUT2D eigenvalue weighted by Crippen LogP contribution is 2.57. The van der Waals surface area contributed by atoms with E-state index in [1.54, 1.807) is 5.57 Å². The van der Waals surface area contributed by atoms with Crippen molar-refractivity contribution >= 4 is 0 Å². The van der Waals surface area contributed by atoms with Crippen LogP contribution in [0.3, 0.4) is 0 Å². The molecule has 4 atom stereocenters. The van der Waals surface area contributed by atoms with Gasteiger partial charge in [-0.1, -0.05) is 25.5 Å². The fourth-order valence-electron chi connectivity index (χ4n) is 4.64. The Balaban J connectivity index is 1.95. The normalized spacial score (nSPS) is 48.2. The zero-order valence-corrected chi connectivity index (χ0v) is 11.8. The zero-order chi connectivity index (χ0) is 12.3. The van der Waals surface area contributed by atoms with Gasteiger partial charge in [0.05, 0.1) is 11.7 Å². The van der Waals surface area contributed by atoms with Gasteiger partial charge in [-0.25, -0.2) is 0 Å². The maximum atomic E-state index is 6.23. The van der Waals surface area contributed by atoms with Crippen molar-refractivity contribution in [1.82, 2.24) is 0 Å². The summed E-state index contributed by atoms with van der Waals surface area (Å²) in [7, 11) is 0. The van der Waals surface area contributed by atoms with E-state index < -0.39 is 0 Å². The molecule has 0 N–H and O–H groups in total. The van der Waals surface area contributed by atoms with Crippen LogP contribution in [0, 0.1) is 17.3 Å². The second-order valence-electron chi connectivity index (χ2n) is 7.35.